The second kappa shape index (κ2) is 2.89. The number of aromatic amines is 1. The first-order chi connectivity index (χ1) is 6.88. The molecule has 6 nitrogen and oxygen atoms in total. The fourth-order valence-corrected chi connectivity index (χ4v) is 1.61. The molecule has 2 rings (SSSR count). The first-order valence-electron chi connectivity index (χ1n) is 3.45. The van der Waals surface area contributed by atoms with Crippen molar-refractivity contribution in [2.45, 2.75) is 6.18 Å². The van der Waals surface area contributed by atoms with Crippen molar-refractivity contribution in [2.75, 3.05) is 0 Å². The number of nitrogens with zero attached hydrogens (tertiary/aromatic N) is 3. The van der Waals surface area contributed by atoms with Crippen LogP contribution >= 0.6 is 11.3 Å². The largest absolute Gasteiger partial charge is 0.445 e. The topological polar surface area (TPSA) is 80.1 Å². The van der Waals surface area contributed by atoms with Crippen LogP contribution in [0, 0.1) is 0 Å². The number of hydrogen-bond donors (Lipinski definition) is 1. The highest BCUT2D eigenvalue weighted by Gasteiger charge is 2.36. The summed E-state index contributed by atoms with van der Waals surface area (Å²) in [6.07, 6.45) is -4.66. The summed E-state index contributed by atoms with van der Waals surface area (Å²) in [6, 6.07) is 0. The van der Waals surface area contributed by atoms with Crippen molar-refractivity contribution in [3.63, 3.8) is 0 Å². The molecule has 10 heteroatoms. The molecule has 0 aliphatic carbocycles. The highest BCUT2D eigenvalue weighted by atomic mass is 32.1. The van der Waals surface area contributed by atoms with Gasteiger partial charge in [-0.2, -0.15) is 22.7 Å². The lowest BCUT2D eigenvalue weighted by molar-refractivity contribution is -0.138. The zero-order valence-corrected chi connectivity index (χ0v) is 7.52. The second-order valence-corrected chi connectivity index (χ2v) is 3.40. The minimum atomic E-state index is -4.66. The van der Waals surface area contributed by atoms with Crippen molar-refractivity contribution in [1.82, 2.24) is 19.6 Å². The van der Waals surface area contributed by atoms with E-state index in [1.54, 1.807) is 4.98 Å². The Balaban J connectivity index is 2.83. The molecule has 2 aromatic heterocycles. The zero-order chi connectivity index (χ0) is 11.2. The van der Waals surface area contributed by atoms with Gasteiger partial charge in [0.25, 0.3) is 0 Å². The van der Waals surface area contributed by atoms with E-state index >= 15 is 0 Å². The Bertz CT molecular complexity index is 623. The Hall–Kier alpha value is -1.71. The van der Waals surface area contributed by atoms with Gasteiger partial charge >= 0.3 is 17.6 Å². The van der Waals surface area contributed by atoms with Gasteiger partial charge in [-0.1, -0.05) is 11.3 Å². The van der Waals surface area contributed by atoms with E-state index in [4.69, 9.17) is 0 Å². The second-order valence-electron chi connectivity index (χ2n) is 2.45. The SMILES string of the molecule is O=c1nc2sc(C(F)(F)F)nn2c(=O)[nH]1. The van der Waals surface area contributed by atoms with Gasteiger partial charge in [-0.25, -0.2) is 9.59 Å². The van der Waals surface area contributed by atoms with Crippen molar-refractivity contribution >= 4 is 16.3 Å². The van der Waals surface area contributed by atoms with Crippen LogP contribution in [-0.2, 0) is 6.18 Å². The summed E-state index contributed by atoms with van der Waals surface area (Å²) in [5.74, 6) is 0. The molecule has 0 saturated carbocycles. The summed E-state index contributed by atoms with van der Waals surface area (Å²) in [5, 5.41) is 1.76. The van der Waals surface area contributed by atoms with E-state index < -0.39 is 27.5 Å². The molecule has 1 N–H and O–H groups in total. The summed E-state index contributed by atoms with van der Waals surface area (Å²) < 4.78 is 36.9. The van der Waals surface area contributed by atoms with Crippen LogP contribution in [-0.4, -0.2) is 19.6 Å². The third kappa shape index (κ3) is 1.63. The normalized spacial score (nSPS) is 12.2. The van der Waals surface area contributed by atoms with Crippen LogP contribution in [0.2, 0.25) is 0 Å². The van der Waals surface area contributed by atoms with E-state index in [2.05, 4.69) is 10.1 Å². The average Bonchev–Trinajstić information content (AvgIpc) is 2.46. The Labute approximate surface area is 82.0 Å². The summed E-state index contributed by atoms with van der Waals surface area (Å²) in [7, 11) is 0. The lowest BCUT2D eigenvalue weighted by Gasteiger charge is -1.97. The van der Waals surface area contributed by atoms with Gasteiger partial charge in [0.05, 0.1) is 0 Å². The van der Waals surface area contributed by atoms with Crippen molar-refractivity contribution in [1.29, 1.82) is 0 Å². The minimum absolute atomic E-state index is 0.128. The Morgan fingerprint density at radius 2 is 2.00 bits per heavy atom. The van der Waals surface area contributed by atoms with E-state index in [-0.39, 0.29) is 11.3 Å². The number of hydrogen-bond acceptors (Lipinski definition) is 5. The van der Waals surface area contributed by atoms with Crippen LogP contribution in [0.5, 0.6) is 0 Å². The number of halogens is 3. The molecule has 0 fully saturated rings. The smallest absolute Gasteiger partial charge is 0.256 e. The molecule has 80 valence electrons. The van der Waals surface area contributed by atoms with Gasteiger partial charge in [0.15, 0.2) is 0 Å². The van der Waals surface area contributed by atoms with Gasteiger partial charge in [0.2, 0.25) is 9.97 Å². The van der Waals surface area contributed by atoms with E-state index in [0.717, 1.165) is 0 Å². The molecule has 0 radical (unpaired) electrons. The molecule has 15 heavy (non-hydrogen) atoms. The maximum absolute atomic E-state index is 12.2. The van der Waals surface area contributed by atoms with Crippen LogP contribution in [0.3, 0.4) is 0 Å². The van der Waals surface area contributed by atoms with Crippen molar-refractivity contribution in [3.8, 4) is 0 Å². The summed E-state index contributed by atoms with van der Waals surface area (Å²) in [4.78, 5) is 26.1. The summed E-state index contributed by atoms with van der Waals surface area (Å²) in [5.41, 5.74) is -2.05. The van der Waals surface area contributed by atoms with Gasteiger partial charge in [-0.05, 0) is 0 Å². The third-order valence-corrected chi connectivity index (χ3v) is 2.36. The van der Waals surface area contributed by atoms with Gasteiger partial charge in [0.1, 0.15) is 0 Å². The van der Waals surface area contributed by atoms with Gasteiger partial charge in [0, 0.05) is 0 Å². The maximum Gasteiger partial charge on any atom is 0.445 e. The molecule has 0 aliphatic rings. The monoisotopic (exact) mass is 238 g/mol. The van der Waals surface area contributed by atoms with Crippen LogP contribution < -0.4 is 11.4 Å². The quantitative estimate of drug-likeness (QED) is 0.692. The summed E-state index contributed by atoms with van der Waals surface area (Å²) in [6.45, 7) is 0. The average molecular weight is 238 g/mol. The van der Waals surface area contributed by atoms with Crippen molar-refractivity contribution in [3.05, 3.63) is 26.0 Å². The number of aromatic nitrogens is 4. The maximum atomic E-state index is 12.2. The predicted octanol–water partition coefficient (Wildman–Crippen LogP) is -0.142. The highest BCUT2D eigenvalue weighted by Crippen LogP contribution is 2.31. The van der Waals surface area contributed by atoms with Crippen LogP contribution in [0.15, 0.2) is 9.59 Å². The molecular weight excluding hydrogens is 237 g/mol. The Morgan fingerprint density at radius 3 is 2.60 bits per heavy atom. The molecule has 0 unspecified atom stereocenters. The number of H-pyrrole nitrogens is 1. The van der Waals surface area contributed by atoms with Gasteiger partial charge in [-0.3, -0.25) is 4.98 Å². The molecule has 0 bridgehead atoms. The highest BCUT2D eigenvalue weighted by molar-refractivity contribution is 7.16. The first kappa shape index (κ1) is 9.83. The molecule has 0 saturated heterocycles. The molecule has 2 heterocycles. The fraction of sp³-hybridized carbons (Fsp3) is 0.200. The van der Waals surface area contributed by atoms with Crippen molar-refractivity contribution < 1.29 is 13.2 Å². The van der Waals surface area contributed by atoms with E-state index in [0.29, 0.717) is 4.52 Å². The zero-order valence-electron chi connectivity index (χ0n) is 6.70. The van der Waals surface area contributed by atoms with Gasteiger partial charge < -0.3 is 0 Å². The Kier molecular flexibility index (Phi) is 1.89. The van der Waals surface area contributed by atoms with E-state index in [9.17, 15) is 22.8 Å². The molecule has 0 amide bonds. The van der Waals surface area contributed by atoms with Crippen LogP contribution in [0.25, 0.3) is 4.96 Å². The third-order valence-electron chi connectivity index (χ3n) is 1.41. The predicted molar refractivity (Wildman–Crippen MR) is 42.8 cm³/mol. The van der Waals surface area contributed by atoms with Crippen molar-refractivity contribution in [2.24, 2.45) is 0 Å². The van der Waals surface area contributed by atoms with Crippen LogP contribution in [0.4, 0.5) is 13.2 Å². The van der Waals surface area contributed by atoms with E-state index in [1.165, 1.54) is 0 Å². The number of fused-ring (bicyclic) bond motifs is 1. The fourth-order valence-electron chi connectivity index (χ4n) is 0.860. The first-order valence-corrected chi connectivity index (χ1v) is 4.27. The lowest BCUT2D eigenvalue weighted by Crippen LogP contribution is -2.28. The van der Waals surface area contributed by atoms with E-state index in [1.807, 2.05) is 0 Å². The van der Waals surface area contributed by atoms with Crippen LogP contribution in [0.1, 0.15) is 5.01 Å². The lowest BCUT2D eigenvalue weighted by atomic mass is 10.7. The molecule has 0 aliphatic heterocycles. The number of nitrogens with one attached hydrogen (secondary N) is 1. The van der Waals surface area contributed by atoms with Gasteiger partial charge in [-0.15, -0.1) is 5.10 Å². The summed E-state index contributed by atoms with van der Waals surface area (Å²) >= 11 is 0.128. The number of alkyl halides is 3. The molecule has 2 aromatic rings. The molecular formula is C5HF3N4O2S. The minimum Gasteiger partial charge on any atom is -0.256 e. The molecule has 0 atom stereocenters. The Morgan fingerprint density at radius 1 is 1.33 bits per heavy atom. The molecule has 0 aromatic carbocycles. The standard InChI is InChI=1S/C5HF3N4O2S/c6-5(7,8)1-11-12-3(14)9-2(13)10-4(12)15-1/h(H,9,13,14). The number of rotatable bonds is 0. The molecule has 0 spiro atoms.